The van der Waals surface area contributed by atoms with Crippen molar-refractivity contribution < 1.29 is 27.9 Å². The molecule has 0 aliphatic carbocycles. The van der Waals surface area contributed by atoms with Gasteiger partial charge >= 0.3 is 0 Å². The van der Waals surface area contributed by atoms with Crippen molar-refractivity contribution in [3.63, 3.8) is 0 Å². The topological polar surface area (TPSA) is 115 Å². The number of aliphatic hydroxyl groups excluding tert-OH is 1. The molecule has 32 heavy (non-hydrogen) atoms. The van der Waals surface area contributed by atoms with Crippen LogP contribution in [0.1, 0.15) is 21.9 Å². The molecule has 3 aromatic heterocycles. The Bertz CT molecular complexity index is 1270. The van der Waals surface area contributed by atoms with Gasteiger partial charge in [-0.15, -0.1) is 0 Å². The number of anilines is 1. The minimum atomic E-state index is -2.91. The molecule has 1 amide bonds. The largest absolute Gasteiger partial charge is 0.495 e. The summed E-state index contributed by atoms with van der Waals surface area (Å²) in [6.45, 7) is 1.82. The summed E-state index contributed by atoms with van der Waals surface area (Å²) < 4.78 is 36.8. The van der Waals surface area contributed by atoms with Crippen molar-refractivity contribution in [3.8, 4) is 17.1 Å². The molecule has 0 saturated heterocycles. The second kappa shape index (κ2) is 8.71. The van der Waals surface area contributed by atoms with Crippen molar-refractivity contribution in [1.82, 2.24) is 19.5 Å². The van der Waals surface area contributed by atoms with Crippen molar-refractivity contribution in [2.45, 2.75) is 25.9 Å². The number of fused-ring (bicyclic) bond motifs is 1. The van der Waals surface area contributed by atoms with Crippen LogP contribution in [0.15, 0.2) is 47.2 Å². The summed E-state index contributed by atoms with van der Waals surface area (Å²) >= 11 is 0. The zero-order chi connectivity index (χ0) is 22.8. The number of carbonyl (C=O) groups excluding carboxylic acids is 1. The van der Waals surface area contributed by atoms with E-state index in [1.807, 2.05) is 6.92 Å². The summed E-state index contributed by atoms with van der Waals surface area (Å²) in [5, 5.41) is 15.9. The Morgan fingerprint density at radius 2 is 2.12 bits per heavy atom. The summed E-state index contributed by atoms with van der Waals surface area (Å²) in [7, 11) is 1.53. The molecule has 0 unspecified atom stereocenters. The molecule has 11 heteroatoms. The molecule has 2 N–H and O–H groups in total. The first-order valence-corrected chi connectivity index (χ1v) is 9.58. The molecule has 4 rings (SSSR count). The summed E-state index contributed by atoms with van der Waals surface area (Å²) in [6, 6.07) is 8.60. The third kappa shape index (κ3) is 4.28. The average molecular weight is 443 g/mol. The van der Waals surface area contributed by atoms with Crippen LogP contribution in [0.4, 0.5) is 14.5 Å². The van der Waals surface area contributed by atoms with Gasteiger partial charge < -0.3 is 19.7 Å². The molecule has 3 heterocycles. The number of halogens is 2. The third-order valence-electron chi connectivity index (χ3n) is 4.83. The standard InChI is InChI=1S/C21H19F2N5O4/c1-11-3-4-12(20-26-18(32-27-20)8-16(29)19(22)23)7-14(11)25-21(30)15-9-24-17-6-5-13(31-2)10-28(15)17/h3-7,9-10,16,19,29H,8H2,1-2H3,(H,25,30)/t16-/m0/s1. The Balaban J connectivity index is 1.57. The molecule has 4 aromatic rings. The number of hydrogen-bond donors (Lipinski definition) is 2. The van der Waals surface area contributed by atoms with E-state index in [4.69, 9.17) is 9.26 Å². The molecule has 0 fully saturated rings. The maximum Gasteiger partial charge on any atom is 0.274 e. The highest BCUT2D eigenvalue weighted by molar-refractivity contribution is 6.04. The number of benzene rings is 1. The van der Waals surface area contributed by atoms with Gasteiger partial charge in [0.2, 0.25) is 11.7 Å². The van der Waals surface area contributed by atoms with Gasteiger partial charge in [0.25, 0.3) is 12.3 Å². The van der Waals surface area contributed by atoms with Gasteiger partial charge in [-0.05, 0) is 30.7 Å². The van der Waals surface area contributed by atoms with Crippen molar-refractivity contribution >= 4 is 17.2 Å². The Kier molecular flexibility index (Phi) is 5.82. The van der Waals surface area contributed by atoms with Crippen LogP contribution in [0, 0.1) is 6.92 Å². The van der Waals surface area contributed by atoms with Gasteiger partial charge in [-0.1, -0.05) is 17.3 Å². The number of nitrogens with one attached hydrogen (secondary N) is 1. The molecular weight excluding hydrogens is 424 g/mol. The zero-order valence-corrected chi connectivity index (χ0v) is 17.1. The number of imidazole rings is 1. The number of hydrogen-bond acceptors (Lipinski definition) is 7. The lowest BCUT2D eigenvalue weighted by Crippen LogP contribution is -2.20. The van der Waals surface area contributed by atoms with Gasteiger partial charge in [0.05, 0.1) is 25.9 Å². The van der Waals surface area contributed by atoms with Crippen LogP contribution in [-0.2, 0) is 6.42 Å². The minimum Gasteiger partial charge on any atom is -0.495 e. The fourth-order valence-electron chi connectivity index (χ4n) is 3.05. The lowest BCUT2D eigenvalue weighted by atomic mass is 10.1. The Morgan fingerprint density at radius 3 is 2.88 bits per heavy atom. The molecule has 0 aliphatic heterocycles. The number of methoxy groups -OCH3 is 1. The Hall–Kier alpha value is -3.86. The summed E-state index contributed by atoms with van der Waals surface area (Å²) in [6.07, 6.45) is -2.14. The van der Waals surface area contributed by atoms with Gasteiger partial charge in [-0.25, -0.2) is 13.8 Å². The first-order valence-electron chi connectivity index (χ1n) is 9.58. The van der Waals surface area contributed by atoms with Crippen molar-refractivity contribution in [2.75, 3.05) is 12.4 Å². The minimum absolute atomic E-state index is 0.112. The number of nitrogens with zero attached hydrogens (tertiary/aromatic N) is 4. The first kappa shape index (κ1) is 21.4. The average Bonchev–Trinajstić information content (AvgIpc) is 3.41. The van der Waals surface area contributed by atoms with E-state index < -0.39 is 19.0 Å². The van der Waals surface area contributed by atoms with E-state index in [0.29, 0.717) is 28.3 Å². The molecule has 166 valence electrons. The number of ether oxygens (including phenoxy) is 1. The lowest BCUT2D eigenvalue weighted by Gasteiger charge is -2.10. The van der Waals surface area contributed by atoms with Gasteiger partial charge in [-0.2, -0.15) is 4.98 Å². The fraction of sp³-hybridized carbons (Fsp3) is 0.238. The normalized spacial score (nSPS) is 12.3. The predicted molar refractivity (Wildman–Crippen MR) is 110 cm³/mol. The maximum atomic E-state index is 12.9. The second-order valence-corrected chi connectivity index (χ2v) is 7.04. The highest BCUT2D eigenvalue weighted by atomic mass is 19.3. The Morgan fingerprint density at radius 1 is 1.31 bits per heavy atom. The molecular formula is C21H19F2N5O4. The van der Waals surface area contributed by atoms with Crippen LogP contribution in [-0.4, -0.2) is 50.2 Å². The van der Waals surface area contributed by atoms with Crippen LogP contribution in [0.25, 0.3) is 17.0 Å². The molecule has 1 atom stereocenters. The number of aryl methyl sites for hydroxylation is 1. The smallest absolute Gasteiger partial charge is 0.274 e. The number of aromatic nitrogens is 4. The van der Waals surface area contributed by atoms with Crippen LogP contribution in [0.5, 0.6) is 5.75 Å². The van der Waals surface area contributed by atoms with Gasteiger partial charge in [0.15, 0.2) is 0 Å². The van der Waals surface area contributed by atoms with Crippen LogP contribution in [0.3, 0.4) is 0 Å². The van der Waals surface area contributed by atoms with Crippen LogP contribution < -0.4 is 10.1 Å². The molecule has 1 aromatic carbocycles. The molecule has 0 saturated carbocycles. The monoisotopic (exact) mass is 443 g/mol. The lowest BCUT2D eigenvalue weighted by molar-refractivity contribution is -0.00754. The quantitative estimate of drug-likeness (QED) is 0.451. The van der Waals surface area contributed by atoms with E-state index in [0.717, 1.165) is 5.56 Å². The van der Waals surface area contributed by atoms with E-state index >= 15 is 0 Å². The first-order chi connectivity index (χ1) is 15.4. The van der Waals surface area contributed by atoms with E-state index in [2.05, 4.69) is 20.4 Å². The number of pyridine rings is 1. The van der Waals surface area contributed by atoms with Crippen molar-refractivity contribution in [1.29, 1.82) is 0 Å². The fourth-order valence-corrected chi connectivity index (χ4v) is 3.05. The summed E-state index contributed by atoms with van der Waals surface area (Å²) in [4.78, 5) is 21.2. The molecule has 0 radical (unpaired) electrons. The van der Waals surface area contributed by atoms with Crippen molar-refractivity contribution in [3.05, 3.63) is 59.9 Å². The van der Waals surface area contributed by atoms with E-state index in [1.165, 1.54) is 13.3 Å². The third-order valence-corrected chi connectivity index (χ3v) is 4.83. The van der Waals surface area contributed by atoms with Crippen molar-refractivity contribution in [2.24, 2.45) is 0 Å². The molecule has 9 nitrogen and oxygen atoms in total. The number of rotatable bonds is 7. The highest BCUT2D eigenvalue weighted by Gasteiger charge is 2.21. The molecule has 0 aliphatic rings. The number of amides is 1. The number of alkyl halides is 2. The Labute approximate surface area is 180 Å². The van der Waals surface area contributed by atoms with Crippen LogP contribution >= 0.6 is 0 Å². The second-order valence-electron chi connectivity index (χ2n) is 7.04. The molecule has 0 bridgehead atoms. The summed E-state index contributed by atoms with van der Waals surface area (Å²) in [5.41, 5.74) is 2.69. The number of carbonyl (C=O) groups is 1. The van der Waals surface area contributed by atoms with E-state index in [-0.39, 0.29) is 17.6 Å². The van der Waals surface area contributed by atoms with Gasteiger partial charge in [-0.3, -0.25) is 9.20 Å². The van der Waals surface area contributed by atoms with E-state index in [1.54, 1.807) is 40.9 Å². The maximum absolute atomic E-state index is 12.9. The SMILES string of the molecule is COc1ccc2ncc(C(=O)Nc3cc(-c4noc(C[C@H](O)C(F)F)n4)ccc3C)n2c1. The number of aliphatic hydroxyl groups is 1. The predicted octanol–water partition coefficient (Wildman–Crippen LogP) is 3.12. The van der Waals surface area contributed by atoms with Gasteiger partial charge in [0.1, 0.15) is 23.2 Å². The van der Waals surface area contributed by atoms with Crippen LogP contribution in [0.2, 0.25) is 0 Å². The highest BCUT2D eigenvalue weighted by Crippen LogP contribution is 2.25. The van der Waals surface area contributed by atoms with Gasteiger partial charge in [0, 0.05) is 11.3 Å². The molecule has 0 spiro atoms. The zero-order valence-electron chi connectivity index (χ0n) is 17.1. The summed E-state index contributed by atoms with van der Waals surface area (Å²) in [5.74, 6) is 0.225. The van der Waals surface area contributed by atoms with E-state index in [9.17, 15) is 18.7 Å².